The highest BCUT2D eigenvalue weighted by Crippen LogP contribution is 2.29. The van der Waals surface area contributed by atoms with Gasteiger partial charge in [-0.2, -0.15) is 10.4 Å². The van der Waals surface area contributed by atoms with E-state index in [4.69, 9.17) is 13.9 Å². The molecule has 0 atom stereocenters. The number of nitrogens with zero attached hydrogens (tertiary/aromatic N) is 2. The number of benzene rings is 3. The van der Waals surface area contributed by atoms with Crippen molar-refractivity contribution in [2.45, 2.75) is 6.61 Å². The minimum atomic E-state index is -0.457. The van der Waals surface area contributed by atoms with Crippen LogP contribution in [0.4, 0.5) is 0 Å². The number of halogens is 1. The molecule has 1 heterocycles. The van der Waals surface area contributed by atoms with Crippen molar-refractivity contribution in [3.63, 3.8) is 0 Å². The fourth-order valence-corrected chi connectivity index (χ4v) is 3.52. The van der Waals surface area contributed by atoms with E-state index in [1.807, 2.05) is 30.3 Å². The molecule has 4 rings (SSSR count). The molecule has 0 spiro atoms. The highest BCUT2D eigenvalue weighted by atomic mass is 79.9. The van der Waals surface area contributed by atoms with Gasteiger partial charge < -0.3 is 13.9 Å². The number of nitriles is 1. The highest BCUT2D eigenvalue weighted by Gasteiger charge is 2.12. The number of carbonyl (C=O) groups excluding carboxylic acids is 1. The Balaban J connectivity index is 1.41. The summed E-state index contributed by atoms with van der Waals surface area (Å²) in [6.45, 7) is 0.234. The lowest BCUT2D eigenvalue weighted by Crippen LogP contribution is -2.16. The van der Waals surface area contributed by atoms with Gasteiger partial charge in [-0.25, -0.2) is 5.43 Å². The number of fused-ring (bicyclic) bond motifs is 1. The molecule has 0 radical (unpaired) electrons. The Morgan fingerprint density at radius 1 is 1.15 bits per heavy atom. The molecule has 33 heavy (non-hydrogen) atoms. The lowest BCUT2D eigenvalue weighted by Gasteiger charge is -2.12. The zero-order chi connectivity index (χ0) is 23.2. The second-order valence-electron chi connectivity index (χ2n) is 6.96. The molecular weight excluding hydrogens is 486 g/mol. The van der Waals surface area contributed by atoms with E-state index >= 15 is 0 Å². The lowest BCUT2D eigenvalue weighted by molar-refractivity contribution is 0.0929. The first-order valence-electron chi connectivity index (χ1n) is 9.88. The summed E-state index contributed by atoms with van der Waals surface area (Å²) in [4.78, 5) is 12.3. The van der Waals surface area contributed by atoms with Crippen LogP contribution in [0.15, 0.2) is 80.7 Å². The predicted octanol–water partition coefficient (Wildman–Crippen LogP) is 5.42. The van der Waals surface area contributed by atoms with Crippen LogP contribution >= 0.6 is 15.9 Å². The van der Waals surface area contributed by atoms with Crippen molar-refractivity contribution >= 4 is 39.0 Å². The van der Waals surface area contributed by atoms with Crippen molar-refractivity contribution < 1.29 is 18.7 Å². The molecule has 1 N–H and O–H groups in total. The first-order chi connectivity index (χ1) is 16.1. The van der Waals surface area contributed by atoms with E-state index in [9.17, 15) is 10.1 Å². The van der Waals surface area contributed by atoms with Gasteiger partial charge >= 0.3 is 5.91 Å². The maximum absolute atomic E-state index is 12.3. The van der Waals surface area contributed by atoms with Crippen molar-refractivity contribution in [3.8, 4) is 17.6 Å². The number of nitrogens with one attached hydrogen (secondary N) is 1. The number of ether oxygens (including phenoxy) is 2. The molecule has 0 aliphatic heterocycles. The van der Waals surface area contributed by atoms with E-state index in [1.54, 1.807) is 36.4 Å². The Hall–Kier alpha value is -4.09. The molecule has 3 aromatic carbocycles. The quantitative estimate of drug-likeness (QED) is 0.268. The van der Waals surface area contributed by atoms with Crippen LogP contribution in [0.3, 0.4) is 0 Å². The Kier molecular flexibility index (Phi) is 6.72. The van der Waals surface area contributed by atoms with Crippen LogP contribution in [0.2, 0.25) is 0 Å². The van der Waals surface area contributed by atoms with Crippen molar-refractivity contribution in [2.24, 2.45) is 5.10 Å². The average molecular weight is 504 g/mol. The number of amides is 1. The molecule has 0 saturated heterocycles. The Morgan fingerprint density at radius 3 is 2.82 bits per heavy atom. The third-order valence-corrected chi connectivity index (χ3v) is 5.28. The van der Waals surface area contributed by atoms with Crippen LogP contribution in [-0.2, 0) is 6.61 Å². The zero-order valence-electron chi connectivity index (χ0n) is 17.5. The standard InChI is InChI=1S/C25H18BrN3O4/c1-31-23-10-16(6-8-22(23)32-15-18-5-3-2-4-17(18)13-27)14-28-29-25(30)24-12-19-11-20(26)7-9-21(19)33-24/h2-12,14H,15H2,1H3,(H,29,30)/b28-14+. The van der Waals surface area contributed by atoms with E-state index in [1.165, 1.54) is 13.3 Å². The normalized spacial score (nSPS) is 10.8. The summed E-state index contributed by atoms with van der Waals surface area (Å²) in [7, 11) is 1.54. The molecule has 1 amide bonds. The number of rotatable bonds is 7. The average Bonchev–Trinajstić information content (AvgIpc) is 3.26. The molecule has 8 heteroatoms. The molecule has 7 nitrogen and oxygen atoms in total. The third-order valence-electron chi connectivity index (χ3n) is 4.79. The lowest BCUT2D eigenvalue weighted by atomic mass is 10.1. The Bertz CT molecular complexity index is 1390. The molecule has 0 saturated carbocycles. The number of furan rings is 1. The first kappa shape index (κ1) is 22.1. The van der Waals surface area contributed by atoms with E-state index in [2.05, 4.69) is 32.5 Å². The van der Waals surface area contributed by atoms with Gasteiger partial charge in [-0.3, -0.25) is 4.79 Å². The monoisotopic (exact) mass is 503 g/mol. The maximum atomic E-state index is 12.3. The van der Waals surface area contributed by atoms with Gasteiger partial charge in [0.2, 0.25) is 0 Å². The SMILES string of the molecule is COc1cc(/C=N/NC(=O)c2cc3cc(Br)ccc3o2)ccc1OCc1ccccc1C#N. The van der Waals surface area contributed by atoms with Gasteiger partial charge in [0.1, 0.15) is 12.2 Å². The van der Waals surface area contributed by atoms with Gasteiger partial charge in [-0.15, -0.1) is 0 Å². The van der Waals surface area contributed by atoms with E-state index < -0.39 is 5.91 Å². The predicted molar refractivity (Wildman–Crippen MR) is 127 cm³/mol. The van der Waals surface area contributed by atoms with Crippen LogP contribution in [0, 0.1) is 11.3 Å². The Labute approximate surface area is 198 Å². The van der Waals surface area contributed by atoms with Gasteiger partial charge in [0.05, 0.1) is 25.0 Å². The van der Waals surface area contributed by atoms with Gasteiger partial charge in [-0.1, -0.05) is 34.1 Å². The number of hydrazone groups is 1. The molecule has 0 aliphatic carbocycles. The molecule has 0 fully saturated rings. The summed E-state index contributed by atoms with van der Waals surface area (Å²) in [6, 6.07) is 21.8. The zero-order valence-corrected chi connectivity index (χ0v) is 19.1. The largest absolute Gasteiger partial charge is 0.493 e. The summed E-state index contributed by atoms with van der Waals surface area (Å²) in [5, 5.41) is 14.0. The fourth-order valence-electron chi connectivity index (χ4n) is 3.14. The van der Waals surface area contributed by atoms with Crippen LogP contribution in [-0.4, -0.2) is 19.2 Å². The van der Waals surface area contributed by atoms with Crippen molar-refractivity contribution in [2.75, 3.05) is 7.11 Å². The van der Waals surface area contributed by atoms with Crippen LogP contribution in [0.1, 0.15) is 27.2 Å². The first-order valence-corrected chi connectivity index (χ1v) is 10.7. The van der Waals surface area contributed by atoms with Crippen LogP contribution < -0.4 is 14.9 Å². The van der Waals surface area contributed by atoms with Gasteiger partial charge in [0.15, 0.2) is 17.3 Å². The summed E-state index contributed by atoms with van der Waals surface area (Å²) in [5.41, 5.74) is 5.12. The van der Waals surface area contributed by atoms with Crippen LogP contribution in [0.5, 0.6) is 11.5 Å². The number of methoxy groups -OCH3 is 1. The highest BCUT2D eigenvalue weighted by molar-refractivity contribution is 9.10. The van der Waals surface area contributed by atoms with Gasteiger partial charge in [0.25, 0.3) is 0 Å². The summed E-state index contributed by atoms with van der Waals surface area (Å²) >= 11 is 3.39. The number of hydrogen-bond acceptors (Lipinski definition) is 6. The number of hydrogen-bond donors (Lipinski definition) is 1. The third kappa shape index (κ3) is 5.22. The second-order valence-corrected chi connectivity index (χ2v) is 7.88. The van der Waals surface area contributed by atoms with E-state index in [0.717, 1.165) is 15.4 Å². The molecule has 164 valence electrons. The molecule has 0 bridgehead atoms. The molecule has 4 aromatic rings. The second kappa shape index (κ2) is 10.0. The summed E-state index contributed by atoms with van der Waals surface area (Å²) in [6.07, 6.45) is 1.49. The smallest absolute Gasteiger partial charge is 0.307 e. The summed E-state index contributed by atoms with van der Waals surface area (Å²) in [5.74, 6) is 0.739. The Morgan fingerprint density at radius 2 is 2.00 bits per heavy atom. The van der Waals surface area contributed by atoms with E-state index in [-0.39, 0.29) is 12.4 Å². The molecular formula is C25H18BrN3O4. The van der Waals surface area contributed by atoms with Gasteiger partial charge in [-0.05, 0) is 54.1 Å². The van der Waals surface area contributed by atoms with Crippen molar-refractivity contribution in [1.29, 1.82) is 5.26 Å². The number of carbonyl (C=O) groups is 1. The molecule has 0 unspecified atom stereocenters. The van der Waals surface area contributed by atoms with Crippen molar-refractivity contribution in [3.05, 3.63) is 93.7 Å². The summed E-state index contributed by atoms with van der Waals surface area (Å²) < 4.78 is 17.7. The molecule has 0 aliphatic rings. The maximum Gasteiger partial charge on any atom is 0.307 e. The topological polar surface area (TPSA) is 96.8 Å². The van der Waals surface area contributed by atoms with E-state index in [0.29, 0.717) is 28.2 Å². The minimum Gasteiger partial charge on any atom is -0.493 e. The van der Waals surface area contributed by atoms with Crippen molar-refractivity contribution in [1.82, 2.24) is 5.43 Å². The van der Waals surface area contributed by atoms with Gasteiger partial charge in [0, 0.05) is 15.4 Å². The van der Waals surface area contributed by atoms with Crippen LogP contribution in [0.25, 0.3) is 11.0 Å². The fraction of sp³-hybridized carbons (Fsp3) is 0.0800. The minimum absolute atomic E-state index is 0.166. The molecule has 1 aromatic heterocycles.